The summed E-state index contributed by atoms with van der Waals surface area (Å²) in [5.41, 5.74) is 0.0511. The molecule has 0 aliphatic carbocycles. The number of halogens is 3. The topological polar surface area (TPSA) is 41.6 Å². The normalized spacial score (nSPS) is 15.7. The van der Waals surface area contributed by atoms with E-state index < -0.39 is 11.5 Å². The lowest BCUT2D eigenvalue weighted by Gasteiger charge is -2.36. The van der Waals surface area contributed by atoms with Crippen molar-refractivity contribution in [1.82, 2.24) is 4.90 Å². The van der Waals surface area contributed by atoms with Gasteiger partial charge in [-0.05, 0) is 62.4 Å². The molecular formula is C23H27ClF2N2O2. The maximum Gasteiger partial charge on any atom is 0.253 e. The van der Waals surface area contributed by atoms with Gasteiger partial charge in [-0.25, -0.2) is 8.78 Å². The van der Waals surface area contributed by atoms with Crippen molar-refractivity contribution in [3.05, 3.63) is 58.9 Å². The van der Waals surface area contributed by atoms with Gasteiger partial charge in [-0.1, -0.05) is 17.7 Å². The Morgan fingerprint density at radius 3 is 2.67 bits per heavy atom. The van der Waals surface area contributed by atoms with E-state index in [4.69, 9.17) is 16.3 Å². The molecule has 2 aromatic rings. The number of amides is 1. The smallest absolute Gasteiger partial charge is 0.253 e. The quantitative estimate of drug-likeness (QED) is 0.538. The summed E-state index contributed by atoms with van der Waals surface area (Å²) >= 11 is 5.76. The SMILES string of the molecule is CNc1cccc(OCCCCC2(F)CCN(C(=O)c3ccc(F)c(Cl)c3)CC2)c1. The van der Waals surface area contributed by atoms with E-state index in [-0.39, 0.29) is 10.9 Å². The van der Waals surface area contributed by atoms with Crippen molar-refractivity contribution in [3.63, 3.8) is 0 Å². The fourth-order valence-corrected chi connectivity index (χ4v) is 3.83. The van der Waals surface area contributed by atoms with E-state index in [2.05, 4.69) is 5.32 Å². The highest BCUT2D eigenvalue weighted by Gasteiger charge is 2.35. The van der Waals surface area contributed by atoms with Gasteiger partial charge < -0.3 is 15.0 Å². The molecule has 1 aliphatic rings. The van der Waals surface area contributed by atoms with Crippen molar-refractivity contribution in [2.24, 2.45) is 0 Å². The van der Waals surface area contributed by atoms with Crippen LogP contribution >= 0.6 is 11.6 Å². The highest BCUT2D eigenvalue weighted by molar-refractivity contribution is 6.31. The molecule has 1 aliphatic heterocycles. The minimum Gasteiger partial charge on any atom is -0.494 e. The van der Waals surface area contributed by atoms with Gasteiger partial charge in [0.25, 0.3) is 5.91 Å². The molecule has 0 saturated carbocycles. The van der Waals surface area contributed by atoms with E-state index in [1.165, 1.54) is 18.2 Å². The molecular weight excluding hydrogens is 410 g/mol. The van der Waals surface area contributed by atoms with Crippen molar-refractivity contribution >= 4 is 23.2 Å². The monoisotopic (exact) mass is 436 g/mol. The molecule has 162 valence electrons. The first-order valence-electron chi connectivity index (χ1n) is 10.2. The number of piperidine rings is 1. The van der Waals surface area contributed by atoms with E-state index in [1.54, 1.807) is 4.90 Å². The van der Waals surface area contributed by atoms with Gasteiger partial charge in [-0.2, -0.15) is 0 Å². The number of hydrogen-bond acceptors (Lipinski definition) is 3. The van der Waals surface area contributed by atoms with Gasteiger partial charge in [0.05, 0.1) is 11.6 Å². The van der Waals surface area contributed by atoms with Crippen LogP contribution in [0.2, 0.25) is 5.02 Å². The van der Waals surface area contributed by atoms with E-state index >= 15 is 4.39 Å². The van der Waals surface area contributed by atoms with Crippen LogP contribution in [-0.2, 0) is 0 Å². The third kappa shape index (κ3) is 5.85. The molecule has 0 spiro atoms. The zero-order chi connectivity index (χ0) is 21.6. The average molecular weight is 437 g/mol. The Morgan fingerprint density at radius 2 is 1.97 bits per heavy atom. The molecule has 1 amide bonds. The van der Waals surface area contributed by atoms with E-state index in [0.717, 1.165) is 24.3 Å². The van der Waals surface area contributed by atoms with Crippen molar-refractivity contribution in [1.29, 1.82) is 0 Å². The highest BCUT2D eigenvalue weighted by Crippen LogP contribution is 2.32. The third-order valence-electron chi connectivity index (χ3n) is 5.52. The summed E-state index contributed by atoms with van der Waals surface area (Å²) in [5.74, 6) is -0.00553. The van der Waals surface area contributed by atoms with Crippen LogP contribution in [0.3, 0.4) is 0 Å². The first kappa shape index (κ1) is 22.3. The van der Waals surface area contributed by atoms with Crippen LogP contribution in [0.1, 0.15) is 42.5 Å². The summed E-state index contributed by atoms with van der Waals surface area (Å²) in [6.45, 7) is 1.23. The Kier molecular flexibility index (Phi) is 7.53. The van der Waals surface area contributed by atoms with Crippen LogP contribution in [0.4, 0.5) is 14.5 Å². The number of carbonyl (C=O) groups excluding carboxylic acids is 1. The molecule has 2 aromatic carbocycles. The minimum atomic E-state index is -1.26. The zero-order valence-corrected chi connectivity index (χ0v) is 17.9. The maximum atomic E-state index is 15.1. The summed E-state index contributed by atoms with van der Waals surface area (Å²) in [7, 11) is 1.85. The second-order valence-electron chi connectivity index (χ2n) is 7.66. The van der Waals surface area contributed by atoms with E-state index in [1.807, 2.05) is 31.3 Å². The summed E-state index contributed by atoms with van der Waals surface area (Å²) in [6.07, 6.45) is 2.56. The van der Waals surface area contributed by atoms with Crippen LogP contribution in [-0.4, -0.2) is 43.2 Å². The lowest BCUT2D eigenvalue weighted by Crippen LogP contribution is -2.44. The minimum absolute atomic E-state index is 0.0856. The Morgan fingerprint density at radius 1 is 1.20 bits per heavy atom. The Balaban J connectivity index is 1.40. The molecule has 1 saturated heterocycles. The largest absolute Gasteiger partial charge is 0.494 e. The number of unbranched alkanes of at least 4 members (excludes halogenated alkanes) is 1. The molecule has 7 heteroatoms. The van der Waals surface area contributed by atoms with Crippen LogP contribution < -0.4 is 10.1 Å². The molecule has 0 atom stereocenters. The Hall–Kier alpha value is -2.34. The van der Waals surface area contributed by atoms with Crippen LogP contribution in [0, 0.1) is 5.82 Å². The predicted octanol–water partition coefficient (Wildman–Crippen LogP) is 5.71. The van der Waals surface area contributed by atoms with Crippen molar-refractivity contribution in [3.8, 4) is 5.75 Å². The third-order valence-corrected chi connectivity index (χ3v) is 5.81. The summed E-state index contributed by atoms with van der Waals surface area (Å²) in [4.78, 5) is 14.2. The number of likely N-dealkylation sites (tertiary alicyclic amines) is 1. The molecule has 1 fully saturated rings. The molecule has 0 unspecified atom stereocenters. The van der Waals surface area contributed by atoms with Crippen molar-refractivity contribution in [2.45, 2.75) is 37.8 Å². The van der Waals surface area contributed by atoms with Gasteiger partial charge >= 0.3 is 0 Å². The number of carbonyl (C=O) groups is 1. The van der Waals surface area contributed by atoms with Gasteiger partial charge in [0.2, 0.25) is 0 Å². The standard InChI is InChI=1S/C23H27ClF2N2O2/c1-27-18-5-4-6-19(16-18)30-14-3-2-9-23(26)10-12-28(13-11-23)22(29)17-7-8-21(25)20(24)15-17/h4-8,15-16,27H,2-3,9-14H2,1H3. The fraction of sp³-hybridized carbons (Fsp3) is 0.435. The first-order valence-corrected chi connectivity index (χ1v) is 10.6. The van der Waals surface area contributed by atoms with Crippen LogP contribution in [0.15, 0.2) is 42.5 Å². The molecule has 0 bridgehead atoms. The second kappa shape index (κ2) is 10.1. The molecule has 30 heavy (non-hydrogen) atoms. The predicted molar refractivity (Wildman–Crippen MR) is 116 cm³/mol. The summed E-state index contributed by atoms with van der Waals surface area (Å²) < 4.78 is 34.1. The molecule has 0 aromatic heterocycles. The number of anilines is 1. The molecule has 4 nitrogen and oxygen atoms in total. The van der Waals surface area contributed by atoms with Crippen LogP contribution in [0.25, 0.3) is 0 Å². The molecule has 3 rings (SSSR count). The lowest BCUT2D eigenvalue weighted by atomic mass is 9.88. The molecule has 1 N–H and O–H groups in total. The second-order valence-corrected chi connectivity index (χ2v) is 8.06. The number of rotatable bonds is 8. The molecule has 0 radical (unpaired) electrons. The van der Waals surface area contributed by atoms with Gasteiger partial charge in [0, 0.05) is 37.5 Å². The van der Waals surface area contributed by atoms with E-state index in [0.29, 0.717) is 44.5 Å². The van der Waals surface area contributed by atoms with E-state index in [9.17, 15) is 9.18 Å². The average Bonchev–Trinajstić information content (AvgIpc) is 2.75. The van der Waals surface area contributed by atoms with Gasteiger partial charge in [-0.3, -0.25) is 4.79 Å². The summed E-state index contributed by atoms with van der Waals surface area (Å²) in [6, 6.07) is 11.6. The van der Waals surface area contributed by atoms with Gasteiger partial charge in [0.1, 0.15) is 17.2 Å². The number of benzene rings is 2. The van der Waals surface area contributed by atoms with Crippen molar-refractivity contribution in [2.75, 3.05) is 32.1 Å². The van der Waals surface area contributed by atoms with Crippen LogP contribution in [0.5, 0.6) is 5.75 Å². The fourth-order valence-electron chi connectivity index (χ4n) is 3.65. The summed E-state index contributed by atoms with van der Waals surface area (Å²) in [5, 5.41) is 2.98. The molecule has 1 heterocycles. The number of hydrogen-bond donors (Lipinski definition) is 1. The van der Waals surface area contributed by atoms with Gasteiger partial charge in [-0.15, -0.1) is 0 Å². The van der Waals surface area contributed by atoms with Crippen molar-refractivity contribution < 1.29 is 18.3 Å². The Labute approximate surface area is 181 Å². The van der Waals surface area contributed by atoms with Gasteiger partial charge in [0.15, 0.2) is 0 Å². The maximum absolute atomic E-state index is 15.1. The number of ether oxygens (including phenoxy) is 1. The number of nitrogens with zero attached hydrogens (tertiary/aromatic N) is 1. The zero-order valence-electron chi connectivity index (χ0n) is 17.1. The number of alkyl halides is 1. The Bertz CT molecular complexity index is 870. The lowest BCUT2D eigenvalue weighted by molar-refractivity contribution is 0.0382. The number of nitrogens with one attached hydrogen (secondary N) is 1. The highest BCUT2D eigenvalue weighted by atomic mass is 35.5. The first-order chi connectivity index (χ1) is 14.4.